The lowest BCUT2D eigenvalue weighted by molar-refractivity contribution is 0.00578. The predicted molar refractivity (Wildman–Crippen MR) is 435 cm³/mol. The zero-order valence-corrected chi connectivity index (χ0v) is 61.6. The molecule has 21 rings (SSSR count). The Morgan fingerprint density at radius 3 is 1.07 bits per heavy atom. The zero-order chi connectivity index (χ0) is 73.4. The minimum absolute atomic E-state index is 0.0933. The molecule has 14 nitrogen and oxygen atoms in total. The van der Waals surface area contributed by atoms with E-state index < -0.39 is 18.3 Å². The van der Waals surface area contributed by atoms with Gasteiger partial charge in [0.05, 0.1) is 55.3 Å². The predicted octanol–water partition coefficient (Wildman–Crippen LogP) is 20.8. The van der Waals surface area contributed by atoms with Crippen LogP contribution in [-0.4, -0.2) is 76.1 Å². The van der Waals surface area contributed by atoms with Crippen molar-refractivity contribution in [2.45, 2.75) is 77.4 Å². The van der Waals surface area contributed by atoms with Crippen LogP contribution in [0.1, 0.15) is 77.6 Å². The van der Waals surface area contributed by atoms with Crippen molar-refractivity contribution in [1.82, 2.24) is 57.8 Å². The standard InChI is InChI=1S/C43H30N6.C34H32BN3O2.C15H10ClN3/c1-43(2)33-21-10-9-20-31(33)32-25-37-38(26-34(32)43)48(42-44-35-22-11-12-23-36(35)49(37)42)30-19-13-18-29(24-30)41-46-39(27-14-5-3-6-15-27)45-40(47-41)28-16-7-4-8-17-28;1-32(2)25-15-8-7-14-23(25)24-19-29-30(20-26(24)32)37(31-36-27-16-9-10-17-28(27)38(29)31)22-13-11-12-21(18-22)35-39-33(3,4)34(5,6)40-35;16-15-18-13(11-7-3-1-4-8-11)17-14(19-15)12-9-5-2-6-10-12/h3-26H,1-2H3;7-20H,1-6H3;1-10H. The normalized spacial score (nSPS) is 14.7. The second kappa shape index (κ2) is 25.3. The molecule has 0 amide bonds. The molecular weight excluding hydrogens is 1350 g/mol. The van der Waals surface area contributed by atoms with Crippen LogP contribution in [-0.2, 0) is 20.1 Å². The molecule has 12 aromatic carbocycles. The fourth-order valence-corrected chi connectivity index (χ4v) is 16.1. The summed E-state index contributed by atoms with van der Waals surface area (Å²) in [7, 11) is -0.431. The van der Waals surface area contributed by atoms with Gasteiger partial charge < -0.3 is 9.31 Å². The van der Waals surface area contributed by atoms with Gasteiger partial charge in [0.1, 0.15) is 0 Å². The summed E-state index contributed by atoms with van der Waals surface area (Å²) in [6.45, 7) is 17.7. The Kier molecular flexibility index (Phi) is 15.5. The molecule has 1 aliphatic heterocycles. The Labute approximate surface area is 629 Å². The first kappa shape index (κ1) is 66.2. The maximum atomic E-state index is 6.42. The zero-order valence-electron chi connectivity index (χ0n) is 60.9. The smallest absolute Gasteiger partial charge is 0.399 e. The van der Waals surface area contributed by atoms with E-state index in [4.69, 9.17) is 45.8 Å². The average Bonchev–Trinajstić information content (AvgIpc) is 1.54. The van der Waals surface area contributed by atoms with Crippen LogP contribution < -0.4 is 5.46 Å². The van der Waals surface area contributed by atoms with Crippen LogP contribution in [0.3, 0.4) is 0 Å². The van der Waals surface area contributed by atoms with Gasteiger partial charge in [0.2, 0.25) is 16.8 Å². The Morgan fingerprint density at radius 1 is 0.287 bits per heavy atom. The van der Waals surface area contributed by atoms with E-state index in [2.05, 4.69) is 252 Å². The van der Waals surface area contributed by atoms with Crippen LogP contribution in [0, 0.1) is 0 Å². The lowest BCUT2D eigenvalue weighted by Crippen LogP contribution is -2.41. The van der Waals surface area contributed by atoms with E-state index >= 15 is 0 Å². The fraction of sp³-hybridized carbons (Fsp3) is 0.130. The van der Waals surface area contributed by atoms with Gasteiger partial charge in [-0.15, -0.1) is 0 Å². The third kappa shape index (κ3) is 10.9. The third-order valence-corrected chi connectivity index (χ3v) is 22.4. The van der Waals surface area contributed by atoms with Gasteiger partial charge in [-0.25, -0.2) is 29.9 Å². The molecule has 0 bridgehead atoms. The van der Waals surface area contributed by atoms with Crippen molar-refractivity contribution in [1.29, 1.82) is 0 Å². The molecule has 0 radical (unpaired) electrons. The highest BCUT2D eigenvalue weighted by Gasteiger charge is 2.52. The molecule has 16 heteroatoms. The number of imidazole rings is 4. The molecule has 2 aliphatic carbocycles. The molecule has 108 heavy (non-hydrogen) atoms. The van der Waals surface area contributed by atoms with Crippen LogP contribution in [0.15, 0.2) is 291 Å². The van der Waals surface area contributed by atoms with Gasteiger partial charge in [-0.1, -0.05) is 246 Å². The van der Waals surface area contributed by atoms with E-state index in [0.29, 0.717) is 29.1 Å². The lowest BCUT2D eigenvalue weighted by Gasteiger charge is -2.32. The highest BCUT2D eigenvalue weighted by molar-refractivity contribution is 6.62. The molecule has 3 aliphatic rings. The Balaban J connectivity index is 0.000000120. The second-order valence-electron chi connectivity index (χ2n) is 30.0. The summed E-state index contributed by atoms with van der Waals surface area (Å²) in [4.78, 5) is 38.1. The molecule has 0 N–H and O–H groups in total. The Morgan fingerprint density at radius 2 is 0.639 bits per heavy atom. The molecule has 522 valence electrons. The van der Waals surface area contributed by atoms with Gasteiger partial charge in [-0.2, -0.15) is 9.97 Å². The maximum Gasteiger partial charge on any atom is 0.494 e. The first-order valence-electron chi connectivity index (χ1n) is 36.5. The number of hydrogen-bond donors (Lipinski definition) is 0. The summed E-state index contributed by atoms with van der Waals surface area (Å²) in [6.07, 6.45) is 0. The molecule has 1 fully saturated rings. The number of hydrogen-bond acceptors (Lipinski definition) is 10. The van der Waals surface area contributed by atoms with E-state index in [0.717, 1.165) is 100 Å². The largest absolute Gasteiger partial charge is 0.494 e. The van der Waals surface area contributed by atoms with Crippen molar-refractivity contribution < 1.29 is 9.31 Å². The van der Waals surface area contributed by atoms with E-state index in [-0.39, 0.29) is 16.1 Å². The summed E-state index contributed by atoms with van der Waals surface area (Å²) < 4.78 is 22.0. The highest BCUT2D eigenvalue weighted by atomic mass is 35.5. The molecule has 7 heterocycles. The molecular formula is C92H72BClN12O2. The topological polar surface area (TPSA) is 140 Å². The Hall–Kier alpha value is -12.5. The molecule has 18 aromatic rings. The number of aromatic nitrogens is 12. The van der Waals surface area contributed by atoms with E-state index in [1.165, 1.54) is 44.5 Å². The van der Waals surface area contributed by atoms with Gasteiger partial charge in [0.15, 0.2) is 29.1 Å². The summed E-state index contributed by atoms with van der Waals surface area (Å²) >= 11 is 5.99. The number of nitrogens with zero attached hydrogens (tertiary/aromatic N) is 12. The molecule has 0 atom stereocenters. The first-order chi connectivity index (χ1) is 52.4. The van der Waals surface area contributed by atoms with Gasteiger partial charge in [0, 0.05) is 50.0 Å². The molecule has 0 spiro atoms. The van der Waals surface area contributed by atoms with Crippen LogP contribution in [0.25, 0.3) is 146 Å². The van der Waals surface area contributed by atoms with Gasteiger partial charge in [-0.3, -0.25) is 17.9 Å². The van der Waals surface area contributed by atoms with E-state index in [9.17, 15) is 0 Å². The minimum Gasteiger partial charge on any atom is -0.399 e. The SMILES string of the molecule is CC1(C)c2ccccc2-c2cc3c(cc21)n(-c1cccc(-c2nc(-c4ccccc4)nc(-c4ccccc4)n2)c1)c1nc2ccccc2n31.CC1(C)c2ccccc2-c2cc3c(cc21)n(-c1cccc(B2OC(C)(C)C(C)(C)O2)c1)c1nc2ccccc2n31.Clc1nc(-c2ccccc2)nc(-c2ccccc2)n1. The van der Waals surface area contributed by atoms with Gasteiger partial charge >= 0.3 is 7.12 Å². The van der Waals surface area contributed by atoms with Crippen molar-refractivity contribution in [3.63, 3.8) is 0 Å². The number of fused-ring (bicyclic) bond motifs is 16. The van der Waals surface area contributed by atoms with E-state index in [1.807, 2.05) is 127 Å². The number of halogens is 1. The number of benzene rings is 12. The first-order valence-corrected chi connectivity index (χ1v) is 36.9. The van der Waals surface area contributed by atoms with Crippen LogP contribution in [0.2, 0.25) is 5.28 Å². The number of rotatable bonds is 8. The van der Waals surface area contributed by atoms with E-state index in [1.54, 1.807) is 0 Å². The second-order valence-corrected chi connectivity index (χ2v) is 30.4. The monoisotopic (exact) mass is 1420 g/mol. The molecule has 6 aromatic heterocycles. The summed E-state index contributed by atoms with van der Waals surface area (Å²) in [5, 5.41) is 0.202. The minimum atomic E-state index is -0.431. The van der Waals surface area contributed by atoms with Crippen molar-refractivity contribution >= 4 is 79.9 Å². The highest BCUT2D eigenvalue weighted by Crippen LogP contribution is 2.52. The van der Waals surface area contributed by atoms with Crippen molar-refractivity contribution in [3.8, 4) is 90.6 Å². The summed E-state index contributed by atoms with van der Waals surface area (Å²) in [5.41, 5.74) is 25.9. The molecule has 1 saturated heterocycles. The van der Waals surface area contributed by atoms with Gasteiger partial charge in [-0.05, 0) is 162 Å². The van der Waals surface area contributed by atoms with Crippen LogP contribution in [0.4, 0.5) is 0 Å². The fourth-order valence-electron chi connectivity index (χ4n) is 16.0. The van der Waals surface area contributed by atoms with Crippen LogP contribution >= 0.6 is 11.6 Å². The quantitative estimate of drug-likeness (QED) is 0.135. The maximum absolute atomic E-state index is 6.42. The number of para-hydroxylation sites is 4. The lowest BCUT2D eigenvalue weighted by atomic mass is 9.79. The third-order valence-electron chi connectivity index (χ3n) is 22.2. The molecule has 0 saturated carbocycles. The van der Waals surface area contributed by atoms with Gasteiger partial charge in [0.25, 0.3) is 0 Å². The van der Waals surface area contributed by atoms with Crippen molar-refractivity contribution in [2.24, 2.45) is 0 Å². The Bertz CT molecular complexity index is 6470. The molecule has 0 unspecified atom stereocenters. The van der Waals surface area contributed by atoms with Crippen molar-refractivity contribution in [3.05, 3.63) is 319 Å². The van der Waals surface area contributed by atoms with Crippen LogP contribution in [0.5, 0.6) is 0 Å². The summed E-state index contributed by atoms with van der Waals surface area (Å²) in [6, 6.07) is 100. The van der Waals surface area contributed by atoms with Crippen molar-refractivity contribution in [2.75, 3.05) is 0 Å². The summed E-state index contributed by atoms with van der Waals surface area (Å²) in [5.74, 6) is 4.83. The average molecular weight is 1420 g/mol.